The largest absolute Gasteiger partial charge is 0.495 e. The van der Waals surface area contributed by atoms with Gasteiger partial charge in [-0.2, -0.15) is 5.26 Å². The average Bonchev–Trinajstić information content (AvgIpc) is 2.66. The van der Waals surface area contributed by atoms with Gasteiger partial charge in [0.05, 0.1) is 12.7 Å². The lowest BCUT2D eigenvalue weighted by molar-refractivity contribution is 0.338. The van der Waals surface area contributed by atoms with Crippen molar-refractivity contribution in [1.29, 1.82) is 5.26 Å². The highest BCUT2D eigenvalue weighted by Crippen LogP contribution is 2.37. The second-order valence-electron chi connectivity index (χ2n) is 6.68. The van der Waals surface area contributed by atoms with Crippen molar-refractivity contribution in [2.45, 2.75) is 31.6 Å². The number of rotatable bonds is 5. The molecule has 0 saturated heterocycles. The molecule has 0 heterocycles. The van der Waals surface area contributed by atoms with Crippen LogP contribution in [0.5, 0.6) is 5.75 Å². The van der Waals surface area contributed by atoms with E-state index >= 15 is 0 Å². The van der Waals surface area contributed by atoms with Crippen LogP contribution in [-0.2, 0) is 0 Å². The van der Waals surface area contributed by atoms with Crippen molar-refractivity contribution in [3.63, 3.8) is 0 Å². The minimum absolute atomic E-state index is 0.562. The summed E-state index contributed by atoms with van der Waals surface area (Å²) in [6, 6.07) is 16.8. The first-order chi connectivity index (χ1) is 12.2. The number of ether oxygens (including phenoxy) is 1. The first-order valence-corrected chi connectivity index (χ1v) is 9.85. The normalized spacial score (nSPS) is 19.9. The highest BCUT2D eigenvalue weighted by Gasteiger charge is 2.23. The molecule has 0 aromatic heterocycles. The summed E-state index contributed by atoms with van der Waals surface area (Å²) < 4.78 is 6.51. The Balaban J connectivity index is 1.54. The fourth-order valence-corrected chi connectivity index (χ4v) is 4.17. The van der Waals surface area contributed by atoms with Crippen LogP contribution < -0.4 is 10.1 Å². The molecule has 1 fully saturated rings. The minimum Gasteiger partial charge on any atom is -0.495 e. The summed E-state index contributed by atoms with van der Waals surface area (Å²) in [5.74, 6) is 1.95. The van der Waals surface area contributed by atoms with Gasteiger partial charge in [0, 0.05) is 15.8 Å². The van der Waals surface area contributed by atoms with Crippen molar-refractivity contribution in [3.05, 3.63) is 57.2 Å². The van der Waals surface area contributed by atoms with Crippen LogP contribution in [0.4, 0.5) is 5.69 Å². The van der Waals surface area contributed by atoms with Gasteiger partial charge in [0.25, 0.3) is 0 Å². The molecule has 0 unspecified atom stereocenters. The fourth-order valence-electron chi connectivity index (χ4n) is 3.63. The molecule has 0 amide bonds. The Morgan fingerprint density at radius 3 is 2.64 bits per heavy atom. The summed E-state index contributed by atoms with van der Waals surface area (Å²) in [7, 11) is 1.61. The van der Waals surface area contributed by atoms with Gasteiger partial charge < -0.3 is 10.1 Å². The van der Waals surface area contributed by atoms with Crippen LogP contribution in [0.25, 0.3) is 0 Å². The SMILES string of the molecule is COc1ccc([C@H]2CC[C@H](CNc3cccc(I)c3)CC2)cc1C#N. The Morgan fingerprint density at radius 1 is 1.16 bits per heavy atom. The number of nitrogens with one attached hydrogen (secondary N) is 1. The van der Waals surface area contributed by atoms with E-state index in [0.29, 0.717) is 17.2 Å². The summed E-state index contributed by atoms with van der Waals surface area (Å²) in [6.07, 6.45) is 4.84. The van der Waals surface area contributed by atoms with Crippen LogP contribution in [0.3, 0.4) is 0 Å². The molecule has 2 aromatic carbocycles. The first-order valence-electron chi connectivity index (χ1n) is 8.77. The summed E-state index contributed by atoms with van der Waals surface area (Å²) in [5, 5.41) is 12.9. The van der Waals surface area contributed by atoms with Crippen LogP contribution in [0, 0.1) is 20.8 Å². The Hall–Kier alpha value is -1.74. The van der Waals surface area contributed by atoms with E-state index in [2.05, 4.69) is 64.3 Å². The standard InChI is InChI=1S/C21H23IN2O/c1-25-21-10-9-17(11-18(21)13-23)16-7-5-15(6-8-16)14-24-20-4-2-3-19(22)12-20/h2-4,9-12,15-16,24H,5-8,14H2,1H3/t15-,16-. The van der Waals surface area contributed by atoms with Crippen LogP contribution in [-0.4, -0.2) is 13.7 Å². The molecule has 0 atom stereocenters. The van der Waals surface area contributed by atoms with Gasteiger partial charge in [-0.3, -0.25) is 0 Å². The number of anilines is 1. The third-order valence-electron chi connectivity index (χ3n) is 5.08. The molecule has 3 nitrogen and oxygen atoms in total. The number of methoxy groups -OCH3 is 1. The number of benzene rings is 2. The maximum absolute atomic E-state index is 9.27. The molecule has 1 N–H and O–H groups in total. The number of hydrogen-bond acceptors (Lipinski definition) is 3. The summed E-state index contributed by atoms with van der Waals surface area (Å²) in [5.41, 5.74) is 3.13. The maximum Gasteiger partial charge on any atom is 0.136 e. The Bertz CT molecular complexity index is 761. The second kappa shape index (κ2) is 8.57. The lowest BCUT2D eigenvalue weighted by Gasteiger charge is -2.29. The Labute approximate surface area is 163 Å². The summed E-state index contributed by atoms with van der Waals surface area (Å²) >= 11 is 2.35. The minimum atomic E-state index is 0.562. The van der Waals surface area contributed by atoms with Gasteiger partial charge in [0.15, 0.2) is 0 Å². The maximum atomic E-state index is 9.27. The van der Waals surface area contributed by atoms with Gasteiger partial charge in [0.1, 0.15) is 11.8 Å². The molecule has 0 spiro atoms. The number of hydrogen-bond donors (Lipinski definition) is 1. The van der Waals surface area contributed by atoms with E-state index in [0.717, 1.165) is 12.5 Å². The lowest BCUT2D eigenvalue weighted by atomic mass is 9.78. The van der Waals surface area contributed by atoms with Crippen molar-refractivity contribution in [2.24, 2.45) is 5.92 Å². The van der Waals surface area contributed by atoms with E-state index in [9.17, 15) is 5.26 Å². The molecular weight excluding hydrogens is 423 g/mol. The average molecular weight is 446 g/mol. The van der Waals surface area contributed by atoms with E-state index < -0.39 is 0 Å². The molecule has 130 valence electrons. The van der Waals surface area contributed by atoms with E-state index in [1.807, 2.05) is 12.1 Å². The third kappa shape index (κ3) is 4.66. The number of nitriles is 1. The predicted octanol–water partition coefficient (Wildman–Crippen LogP) is 5.56. The lowest BCUT2D eigenvalue weighted by Crippen LogP contribution is -2.20. The zero-order valence-corrected chi connectivity index (χ0v) is 16.6. The molecule has 0 aliphatic heterocycles. The molecule has 4 heteroatoms. The monoisotopic (exact) mass is 446 g/mol. The Kier molecular flexibility index (Phi) is 6.19. The molecule has 0 radical (unpaired) electrons. The molecular formula is C21H23IN2O. The smallest absolute Gasteiger partial charge is 0.136 e. The summed E-state index contributed by atoms with van der Waals surface area (Å²) in [6.45, 7) is 1.04. The molecule has 3 rings (SSSR count). The molecule has 25 heavy (non-hydrogen) atoms. The fraction of sp³-hybridized carbons (Fsp3) is 0.381. The van der Waals surface area contributed by atoms with Crippen molar-refractivity contribution in [2.75, 3.05) is 19.0 Å². The van der Waals surface area contributed by atoms with Gasteiger partial charge >= 0.3 is 0 Å². The van der Waals surface area contributed by atoms with Crippen LogP contribution >= 0.6 is 22.6 Å². The Morgan fingerprint density at radius 2 is 1.96 bits per heavy atom. The predicted molar refractivity (Wildman–Crippen MR) is 110 cm³/mol. The molecule has 2 aromatic rings. The quantitative estimate of drug-likeness (QED) is 0.612. The van der Waals surface area contributed by atoms with Gasteiger partial charge in [-0.05, 0) is 96.0 Å². The highest BCUT2D eigenvalue weighted by atomic mass is 127. The third-order valence-corrected chi connectivity index (χ3v) is 5.75. The molecule has 1 saturated carbocycles. The number of halogens is 1. The second-order valence-corrected chi connectivity index (χ2v) is 7.93. The van der Waals surface area contributed by atoms with Crippen LogP contribution in [0.2, 0.25) is 0 Å². The van der Waals surface area contributed by atoms with Crippen molar-refractivity contribution in [1.82, 2.24) is 0 Å². The van der Waals surface area contributed by atoms with E-state index in [-0.39, 0.29) is 0 Å². The molecule has 0 bridgehead atoms. The summed E-state index contributed by atoms with van der Waals surface area (Å²) in [4.78, 5) is 0. The van der Waals surface area contributed by atoms with Crippen molar-refractivity contribution < 1.29 is 4.74 Å². The highest BCUT2D eigenvalue weighted by molar-refractivity contribution is 14.1. The van der Waals surface area contributed by atoms with E-state index in [1.165, 1.54) is 40.5 Å². The van der Waals surface area contributed by atoms with Crippen LogP contribution in [0.1, 0.15) is 42.7 Å². The van der Waals surface area contributed by atoms with Gasteiger partial charge in [0.2, 0.25) is 0 Å². The van der Waals surface area contributed by atoms with E-state index in [1.54, 1.807) is 7.11 Å². The van der Waals surface area contributed by atoms with Crippen molar-refractivity contribution in [3.8, 4) is 11.8 Å². The number of nitrogens with zero attached hydrogens (tertiary/aromatic N) is 1. The van der Waals surface area contributed by atoms with E-state index in [4.69, 9.17) is 4.74 Å². The molecule has 1 aliphatic rings. The molecule has 1 aliphatic carbocycles. The first kappa shape index (κ1) is 18.1. The zero-order chi connectivity index (χ0) is 17.6. The van der Waals surface area contributed by atoms with Crippen LogP contribution in [0.15, 0.2) is 42.5 Å². The van der Waals surface area contributed by atoms with Gasteiger partial charge in [-0.1, -0.05) is 12.1 Å². The van der Waals surface area contributed by atoms with Gasteiger partial charge in [-0.15, -0.1) is 0 Å². The van der Waals surface area contributed by atoms with Gasteiger partial charge in [-0.25, -0.2) is 0 Å². The van der Waals surface area contributed by atoms with Crippen molar-refractivity contribution >= 4 is 28.3 Å². The topological polar surface area (TPSA) is 45.0 Å². The zero-order valence-electron chi connectivity index (χ0n) is 14.5.